The summed E-state index contributed by atoms with van der Waals surface area (Å²) in [6.45, 7) is 2.85. The van der Waals surface area contributed by atoms with Gasteiger partial charge in [-0.1, -0.05) is 6.07 Å². The van der Waals surface area contributed by atoms with Gasteiger partial charge in [0.05, 0.1) is 13.2 Å². The van der Waals surface area contributed by atoms with Crippen LogP contribution in [0.3, 0.4) is 0 Å². The number of esters is 1. The van der Waals surface area contributed by atoms with Gasteiger partial charge in [-0.25, -0.2) is 4.79 Å². The third-order valence-electron chi connectivity index (χ3n) is 2.39. The molecule has 0 aliphatic rings. The van der Waals surface area contributed by atoms with Crippen molar-refractivity contribution in [3.63, 3.8) is 0 Å². The second-order valence-electron chi connectivity index (χ2n) is 3.90. The number of carbonyl (C=O) groups excluding carboxylic acids is 1. The van der Waals surface area contributed by atoms with Crippen molar-refractivity contribution < 1.29 is 19.0 Å². The van der Waals surface area contributed by atoms with Crippen LogP contribution in [0.5, 0.6) is 5.75 Å². The summed E-state index contributed by atoms with van der Waals surface area (Å²) < 4.78 is 15.1. The highest BCUT2D eigenvalue weighted by Gasteiger charge is 2.09. The number of nitrogens with one attached hydrogen (secondary N) is 1. The van der Waals surface area contributed by atoms with Gasteiger partial charge in [-0.15, -0.1) is 0 Å². The summed E-state index contributed by atoms with van der Waals surface area (Å²) in [6, 6.07) is 8.94. The second kappa shape index (κ2) is 9.39. The first-order valence-electron chi connectivity index (χ1n) is 6.47. The third-order valence-corrected chi connectivity index (χ3v) is 2.39. The molecule has 0 aliphatic carbocycles. The molecule has 0 saturated carbocycles. The van der Waals surface area contributed by atoms with Crippen LogP contribution in [-0.4, -0.2) is 32.9 Å². The van der Waals surface area contributed by atoms with Crippen molar-refractivity contribution in [3.05, 3.63) is 36.0 Å². The maximum Gasteiger partial charge on any atom is 0.350 e. The summed E-state index contributed by atoms with van der Waals surface area (Å²) >= 11 is 0. The quantitative estimate of drug-likeness (QED) is 0.342. The van der Waals surface area contributed by atoms with Crippen LogP contribution < -0.4 is 10.1 Å². The smallest absolute Gasteiger partial charge is 0.350 e. The number of rotatable bonds is 8. The highest BCUT2D eigenvalue weighted by Crippen LogP contribution is 2.17. The molecule has 6 heteroatoms. The van der Waals surface area contributed by atoms with E-state index in [0.29, 0.717) is 24.7 Å². The van der Waals surface area contributed by atoms with Gasteiger partial charge in [-0.2, -0.15) is 5.26 Å². The Morgan fingerprint density at radius 2 is 2.24 bits per heavy atom. The molecule has 0 radical (unpaired) electrons. The monoisotopic (exact) mass is 290 g/mol. The number of nitriles is 1. The molecule has 1 rings (SSSR count). The van der Waals surface area contributed by atoms with Gasteiger partial charge in [0.1, 0.15) is 18.4 Å². The molecule has 0 unspecified atom stereocenters. The van der Waals surface area contributed by atoms with E-state index in [1.54, 1.807) is 44.4 Å². The molecule has 0 spiro atoms. The van der Waals surface area contributed by atoms with Crippen LogP contribution in [0.25, 0.3) is 0 Å². The Labute approximate surface area is 123 Å². The number of hydrogen-bond acceptors (Lipinski definition) is 6. The number of methoxy groups -OCH3 is 1. The molecule has 1 aromatic rings. The molecule has 112 valence electrons. The van der Waals surface area contributed by atoms with E-state index in [-0.39, 0.29) is 12.2 Å². The summed E-state index contributed by atoms with van der Waals surface area (Å²) in [5.74, 6) is 0.0140. The van der Waals surface area contributed by atoms with Crippen LogP contribution >= 0.6 is 0 Å². The van der Waals surface area contributed by atoms with Gasteiger partial charge < -0.3 is 19.5 Å². The number of hydrogen-bond donors (Lipinski definition) is 1. The van der Waals surface area contributed by atoms with Gasteiger partial charge in [-0.3, -0.25) is 0 Å². The van der Waals surface area contributed by atoms with Crippen molar-refractivity contribution in [1.82, 2.24) is 0 Å². The van der Waals surface area contributed by atoms with Gasteiger partial charge >= 0.3 is 5.97 Å². The molecule has 0 saturated heterocycles. The lowest BCUT2D eigenvalue weighted by Gasteiger charge is -2.07. The fourth-order valence-corrected chi connectivity index (χ4v) is 1.42. The van der Waals surface area contributed by atoms with E-state index in [4.69, 9.17) is 19.5 Å². The van der Waals surface area contributed by atoms with Gasteiger partial charge in [0.15, 0.2) is 5.57 Å². The van der Waals surface area contributed by atoms with Crippen LogP contribution in [0.1, 0.15) is 6.92 Å². The standard InChI is InChI=1S/C15H18N2O4/c1-3-20-15(18)12(10-16)11-17-13-5-4-6-14(9-13)21-8-7-19-2/h4-6,9,11,17H,3,7-8H2,1-2H3/b12-11+. The Bertz CT molecular complexity index is 535. The highest BCUT2D eigenvalue weighted by molar-refractivity contribution is 5.93. The first-order valence-corrected chi connectivity index (χ1v) is 6.47. The minimum atomic E-state index is -0.653. The molecule has 1 N–H and O–H groups in total. The van der Waals surface area contributed by atoms with Gasteiger partial charge in [-0.05, 0) is 19.1 Å². The molecule has 0 aromatic heterocycles. The number of carbonyl (C=O) groups is 1. The van der Waals surface area contributed by atoms with Crippen molar-refractivity contribution in [2.75, 3.05) is 32.2 Å². The summed E-state index contributed by atoms with van der Waals surface area (Å²) in [7, 11) is 1.60. The van der Waals surface area contributed by atoms with Crippen molar-refractivity contribution in [2.45, 2.75) is 6.92 Å². The maximum absolute atomic E-state index is 11.4. The topological polar surface area (TPSA) is 80.6 Å². The van der Waals surface area contributed by atoms with E-state index in [2.05, 4.69) is 5.32 Å². The summed E-state index contributed by atoms with van der Waals surface area (Å²) in [5.41, 5.74) is 0.601. The molecule has 1 aromatic carbocycles. The molecule has 0 bridgehead atoms. The van der Waals surface area contributed by atoms with Gasteiger partial charge in [0, 0.05) is 25.1 Å². The lowest BCUT2D eigenvalue weighted by Crippen LogP contribution is -2.08. The van der Waals surface area contributed by atoms with E-state index in [0.717, 1.165) is 0 Å². The molecule has 0 fully saturated rings. The van der Waals surface area contributed by atoms with E-state index in [9.17, 15) is 4.79 Å². The van der Waals surface area contributed by atoms with Crippen LogP contribution in [0.4, 0.5) is 5.69 Å². The molecular formula is C15H18N2O4. The molecule has 0 atom stereocenters. The molecule has 0 aliphatic heterocycles. The second-order valence-corrected chi connectivity index (χ2v) is 3.90. The Morgan fingerprint density at radius 1 is 1.43 bits per heavy atom. The predicted octanol–water partition coefficient (Wildman–Crippen LogP) is 2.09. The van der Waals surface area contributed by atoms with Crippen molar-refractivity contribution in [2.24, 2.45) is 0 Å². The Morgan fingerprint density at radius 3 is 2.90 bits per heavy atom. The minimum absolute atomic E-state index is 0.0949. The van der Waals surface area contributed by atoms with Crippen molar-refractivity contribution in [3.8, 4) is 11.8 Å². The fourth-order valence-electron chi connectivity index (χ4n) is 1.42. The third kappa shape index (κ3) is 5.97. The van der Waals surface area contributed by atoms with Crippen LogP contribution in [0.2, 0.25) is 0 Å². The lowest BCUT2D eigenvalue weighted by molar-refractivity contribution is -0.138. The van der Waals surface area contributed by atoms with Gasteiger partial charge in [0.2, 0.25) is 0 Å². The first kappa shape index (κ1) is 16.5. The Balaban J connectivity index is 2.67. The maximum atomic E-state index is 11.4. The molecule has 21 heavy (non-hydrogen) atoms. The summed E-state index contributed by atoms with van der Waals surface area (Å²) in [5, 5.41) is 11.8. The fraction of sp³-hybridized carbons (Fsp3) is 0.333. The first-order chi connectivity index (χ1) is 10.2. The number of ether oxygens (including phenoxy) is 3. The average molecular weight is 290 g/mol. The van der Waals surface area contributed by atoms with E-state index in [1.807, 2.05) is 0 Å². The van der Waals surface area contributed by atoms with Crippen molar-refractivity contribution >= 4 is 11.7 Å². The summed E-state index contributed by atoms with van der Waals surface area (Å²) in [4.78, 5) is 11.4. The molecule has 0 amide bonds. The van der Waals surface area contributed by atoms with Crippen LogP contribution in [0.15, 0.2) is 36.0 Å². The SMILES string of the molecule is CCOC(=O)/C(C#N)=C/Nc1cccc(OCCOC)c1. The number of anilines is 1. The highest BCUT2D eigenvalue weighted by atomic mass is 16.5. The largest absolute Gasteiger partial charge is 0.491 e. The predicted molar refractivity (Wildman–Crippen MR) is 77.8 cm³/mol. The van der Waals surface area contributed by atoms with Crippen LogP contribution in [-0.2, 0) is 14.3 Å². The number of nitrogens with zero attached hydrogens (tertiary/aromatic N) is 1. The molecule has 6 nitrogen and oxygen atoms in total. The molecular weight excluding hydrogens is 272 g/mol. The summed E-state index contributed by atoms with van der Waals surface area (Å²) in [6.07, 6.45) is 1.31. The zero-order valence-corrected chi connectivity index (χ0v) is 12.1. The normalized spacial score (nSPS) is 10.6. The van der Waals surface area contributed by atoms with Gasteiger partial charge in [0.25, 0.3) is 0 Å². The lowest BCUT2D eigenvalue weighted by atomic mass is 10.3. The zero-order valence-electron chi connectivity index (χ0n) is 12.1. The minimum Gasteiger partial charge on any atom is -0.491 e. The Hall–Kier alpha value is -2.52. The average Bonchev–Trinajstić information content (AvgIpc) is 2.49. The zero-order chi connectivity index (χ0) is 15.5. The van der Waals surface area contributed by atoms with Crippen molar-refractivity contribution in [1.29, 1.82) is 5.26 Å². The van der Waals surface area contributed by atoms with Crippen LogP contribution in [0, 0.1) is 11.3 Å². The van der Waals surface area contributed by atoms with E-state index >= 15 is 0 Å². The van der Waals surface area contributed by atoms with E-state index in [1.165, 1.54) is 6.20 Å². The molecule has 0 heterocycles. The Kier molecular flexibility index (Phi) is 7.40. The van der Waals surface area contributed by atoms with E-state index < -0.39 is 5.97 Å². The number of benzene rings is 1.